The maximum absolute atomic E-state index is 11.3. The van der Waals surface area contributed by atoms with E-state index in [9.17, 15) is 5.26 Å². The quantitative estimate of drug-likeness (QED) is 0.175. The van der Waals surface area contributed by atoms with Gasteiger partial charge in [-0.1, -0.05) is 151 Å². The average molecular weight is 775 g/mol. The molecule has 0 amide bonds. The van der Waals surface area contributed by atoms with Gasteiger partial charge in [-0.2, -0.15) is 5.26 Å². The number of rotatable bonds is 5. The first-order chi connectivity index (χ1) is 29.0. The predicted octanol–water partition coefficient (Wildman–Crippen LogP) is 14.7. The van der Waals surface area contributed by atoms with E-state index in [0.717, 1.165) is 72.5 Å². The van der Waals surface area contributed by atoms with Gasteiger partial charge in [-0.15, -0.1) is 0 Å². The highest BCUT2D eigenvalue weighted by Crippen LogP contribution is 2.43. The van der Waals surface area contributed by atoms with Crippen LogP contribution in [0.3, 0.4) is 0 Å². The molecule has 0 fully saturated rings. The maximum Gasteiger partial charge on any atom is 0.101 e. The van der Waals surface area contributed by atoms with E-state index in [1.165, 1.54) is 27.3 Å². The Morgan fingerprint density at radius 2 is 0.850 bits per heavy atom. The molecule has 3 heterocycles. The van der Waals surface area contributed by atoms with E-state index in [2.05, 4.69) is 214 Å². The Kier molecular flexibility index (Phi) is 8.63. The second kappa shape index (κ2) is 14.0. The van der Waals surface area contributed by atoms with Crippen LogP contribution in [0.5, 0.6) is 0 Å². The van der Waals surface area contributed by atoms with Gasteiger partial charge in [0.05, 0.1) is 50.4 Å². The Bertz CT molecular complexity index is 3270. The molecule has 4 nitrogen and oxygen atoms in total. The number of fused-ring (bicyclic) bond motifs is 6. The Balaban J connectivity index is 1.35. The van der Waals surface area contributed by atoms with Crippen molar-refractivity contribution >= 4 is 43.6 Å². The first-order valence-corrected chi connectivity index (χ1v) is 20.8. The topological polar surface area (TPSA) is 46.5 Å². The number of aromatic nitrogens is 3. The van der Waals surface area contributed by atoms with E-state index in [0.29, 0.717) is 5.56 Å². The minimum atomic E-state index is -0.0210. The van der Waals surface area contributed by atoms with Crippen molar-refractivity contribution < 1.29 is 0 Å². The van der Waals surface area contributed by atoms with Crippen molar-refractivity contribution in [2.45, 2.75) is 52.4 Å². The van der Waals surface area contributed by atoms with E-state index in [-0.39, 0.29) is 10.8 Å². The summed E-state index contributed by atoms with van der Waals surface area (Å²) in [4.78, 5) is 5.28. The molecule has 0 radical (unpaired) electrons. The lowest BCUT2D eigenvalue weighted by Gasteiger charge is -2.21. The number of para-hydroxylation sites is 2. The minimum Gasteiger partial charge on any atom is -0.309 e. The third-order valence-corrected chi connectivity index (χ3v) is 12.1. The van der Waals surface area contributed by atoms with Crippen molar-refractivity contribution in [2.24, 2.45) is 0 Å². The van der Waals surface area contributed by atoms with Crippen LogP contribution in [-0.4, -0.2) is 14.1 Å². The van der Waals surface area contributed by atoms with Gasteiger partial charge in [-0.05, 0) is 88.2 Å². The molecule has 0 N–H and O–H groups in total. The summed E-state index contributed by atoms with van der Waals surface area (Å²) in [5, 5.41) is 15.9. The largest absolute Gasteiger partial charge is 0.309 e. The molecule has 0 bridgehead atoms. The van der Waals surface area contributed by atoms with Crippen molar-refractivity contribution in [1.82, 2.24) is 14.1 Å². The minimum absolute atomic E-state index is 0.0196. The van der Waals surface area contributed by atoms with Crippen LogP contribution in [0.2, 0.25) is 0 Å². The van der Waals surface area contributed by atoms with Crippen molar-refractivity contribution in [3.8, 4) is 51.1 Å². The third kappa shape index (κ3) is 6.17. The fraction of sp³-hybridized carbons (Fsp3) is 0.143. The number of hydrogen-bond donors (Lipinski definition) is 0. The smallest absolute Gasteiger partial charge is 0.101 e. The number of nitrogens with zero attached hydrogens (tertiary/aromatic N) is 4. The third-order valence-electron chi connectivity index (χ3n) is 12.1. The summed E-state index contributed by atoms with van der Waals surface area (Å²) in [6, 6.07) is 63.2. The van der Waals surface area contributed by atoms with Gasteiger partial charge in [0.15, 0.2) is 0 Å². The van der Waals surface area contributed by atoms with Crippen LogP contribution in [0.4, 0.5) is 0 Å². The lowest BCUT2D eigenvalue weighted by Crippen LogP contribution is -2.10. The van der Waals surface area contributed by atoms with Gasteiger partial charge in [-0.25, -0.2) is 4.98 Å². The highest BCUT2D eigenvalue weighted by atomic mass is 15.0. The fourth-order valence-corrected chi connectivity index (χ4v) is 8.87. The van der Waals surface area contributed by atoms with Crippen LogP contribution in [-0.2, 0) is 10.8 Å². The average Bonchev–Trinajstić information content (AvgIpc) is 3.78. The molecule has 0 atom stereocenters. The molecular weight excluding hydrogens is 729 g/mol. The molecule has 0 saturated heterocycles. The normalized spacial score (nSPS) is 12.2. The number of benzene rings is 7. The van der Waals surface area contributed by atoms with E-state index >= 15 is 0 Å². The predicted molar refractivity (Wildman–Crippen MR) is 251 cm³/mol. The van der Waals surface area contributed by atoms with Crippen molar-refractivity contribution in [3.63, 3.8) is 0 Å². The van der Waals surface area contributed by atoms with Gasteiger partial charge in [0, 0.05) is 38.2 Å². The molecule has 3 aromatic heterocycles. The molecule has 10 rings (SSSR count). The summed E-state index contributed by atoms with van der Waals surface area (Å²) in [6.07, 6.45) is 0. The Labute approximate surface area is 351 Å². The van der Waals surface area contributed by atoms with E-state index < -0.39 is 0 Å². The lowest BCUT2D eigenvalue weighted by molar-refractivity contribution is 0.591. The van der Waals surface area contributed by atoms with Gasteiger partial charge in [0.25, 0.3) is 0 Å². The summed E-state index contributed by atoms with van der Waals surface area (Å²) in [5.41, 5.74) is 15.0. The Morgan fingerprint density at radius 3 is 1.32 bits per heavy atom. The first-order valence-electron chi connectivity index (χ1n) is 20.8. The fourth-order valence-electron chi connectivity index (χ4n) is 8.87. The second-order valence-electron chi connectivity index (χ2n) is 18.0. The zero-order valence-corrected chi connectivity index (χ0v) is 35.0. The SMILES string of the molecule is CC(C)(C)c1ccc2c(c1)c1ccccc1n2-c1cc(-c2cc(-c3ccccc3)nc(-c3ccccc3)c2)c(-n2c3ccccc3c3cc(C(C)(C)C)ccc32)cc1C#N. The monoisotopic (exact) mass is 774 g/mol. The summed E-state index contributed by atoms with van der Waals surface area (Å²) in [6.45, 7) is 13.6. The van der Waals surface area contributed by atoms with E-state index in [4.69, 9.17) is 4.98 Å². The van der Waals surface area contributed by atoms with Gasteiger partial charge >= 0.3 is 0 Å². The molecule has 0 aliphatic carbocycles. The molecule has 60 heavy (non-hydrogen) atoms. The van der Waals surface area contributed by atoms with Crippen molar-refractivity contribution in [2.75, 3.05) is 0 Å². The summed E-state index contributed by atoms with van der Waals surface area (Å²) in [7, 11) is 0. The summed E-state index contributed by atoms with van der Waals surface area (Å²) < 4.78 is 4.66. The molecule has 0 aliphatic heterocycles. The van der Waals surface area contributed by atoms with Crippen LogP contribution in [0.1, 0.15) is 58.2 Å². The van der Waals surface area contributed by atoms with Gasteiger partial charge < -0.3 is 9.13 Å². The zero-order valence-electron chi connectivity index (χ0n) is 35.0. The Morgan fingerprint density at radius 1 is 0.417 bits per heavy atom. The number of nitriles is 1. The number of pyridine rings is 1. The molecule has 4 heteroatoms. The Hall–Kier alpha value is -7.22. The highest BCUT2D eigenvalue weighted by molar-refractivity contribution is 6.11. The lowest BCUT2D eigenvalue weighted by atomic mass is 9.86. The molecule has 0 spiro atoms. The standard InChI is InChI=1S/C56H46N4/c1-55(2,3)40-25-27-51-45(32-40)42-21-13-15-23-49(42)59(51)53-34-44(38-29-47(36-17-9-7-10-18-36)58-48(30-38)37-19-11-8-12-20-37)54(31-39(53)35-57)60-50-24-16-14-22-43(50)46-33-41(56(4,5)6)26-28-52(46)60/h7-34H,1-6H3. The molecule has 7 aromatic carbocycles. The van der Waals surface area contributed by atoms with Crippen LogP contribution < -0.4 is 0 Å². The van der Waals surface area contributed by atoms with Gasteiger partial charge in [0.1, 0.15) is 6.07 Å². The van der Waals surface area contributed by atoms with E-state index in [1.54, 1.807) is 0 Å². The number of hydrogen-bond acceptors (Lipinski definition) is 2. The van der Waals surface area contributed by atoms with E-state index in [1.807, 2.05) is 12.1 Å². The summed E-state index contributed by atoms with van der Waals surface area (Å²) >= 11 is 0. The van der Waals surface area contributed by atoms with Gasteiger partial charge in [-0.3, -0.25) is 0 Å². The maximum atomic E-state index is 11.3. The molecule has 10 aromatic rings. The molecule has 0 saturated carbocycles. The first kappa shape index (κ1) is 37.1. The second-order valence-corrected chi connectivity index (χ2v) is 18.0. The van der Waals surface area contributed by atoms with Gasteiger partial charge in [0.2, 0.25) is 0 Å². The molecule has 290 valence electrons. The molecule has 0 aliphatic rings. The summed E-state index contributed by atoms with van der Waals surface area (Å²) in [5.74, 6) is 0. The zero-order chi connectivity index (χ0) is 41.3. The van der Waals surface area contributed by atoms with Crippen molar-refractivity contribution in [1.29, 1.82) is 5.26 Å². The molecular formula is C56H46N4. The van der Waals surface area contributed by atoms with Crippen molar-refractivity contribution in [3.05, 3.63) is 187 Å². The van der Waals surface area contributed by atoms with Crippen LogP contribution in [0.15, 0.2) is 170 Å². The van der Waals surface area contributed by atoms with Crippen LogP contribution >= 0.6 is 0 Å². The van der Waals surface area contributed by atoms with Crippen LogP contribution in [0.25, 0.3) is 88.6 Å². The van der Waals surface area contributed by atoms with Crippen LogP contribution in [0, 0.1) is 11.3 Å². The highest BCUT2D eigenvalue weighted by Gasteiger charge is 2.25. The molecule has 0 unspecified atom stereocenters.